The van der Waals surface area contributed by atoms with Gasteiger partial charge in [0.05, 0.1) is 22.5 Å². The Morgan fingerprint density at radius 1 is 0.931 bits per heavy atom. The summed E-state index contributed by atoms with van der Waals surface area (Å²) in [5, 5.41) is 11.6. The number of rotatable bonds is 7. The zero-order chi connectivity index (χ0) is 22.3. The molecular weight excluding hydrogens is 376 g/mol. The second-order valence-corrected chi connectivity index (χ2v) is 6.93. The van der Waals surface area contributed by atoms with Gasteiger partial charge in [-0.1, -0.05) is 0 Å². The number of aromatic carboxylic acids is 1. The fourth-order valence-corrected chi connectivity index (χ4v) is 2.93. The number of likely N-dealkylation sites (N-methyl/N-ethyl adjacent to an activating group) is 1. The highest BCUT2D eigenvalue weighted by molar-refractivity contribution is 5.99. The van der Waals surface area contributed by atoms with Crippen molar-refractivity contribution in [3.63, 3.8) is 0 Å². The summed E-state index contributed by atoms with van der Waals surface area (Å²) in [4.78, 5) is 51.3. The molecule has 0 aromatic carbocycles. The van der Waals surface area contributed by atoms with Crippen LogP contribution < -0.4 is 5.32 Å². The van der Waals surface area contributed by atoms with E-state index in [1.54, 1.807) is 27.7 Å². The van der Waals surface area contributed by atoms with Gasteiger partial charge in [-0.15, -0.1) is 0 Å². The number of H-pyrrole nitrogens is 2. The van der Waals surface area contributed by atoms with Crippen LogP contribution in [0.3, 0.4) is 0 Å². The highest BCUT2D eigenvalue weighted by Crippen LogP contribution is 2.16. The van der Waals surface area contributed by atoms with Crippen molar-refractivity contribution in [3.8, 4) is 0 Å². The van der Waals surface area contributed by atoms with E-state index in [4.69, 9.17) is 5.11 Å². The number of aromatic nitrogens is 2. The van der Waals surface area contributed by atoms with Crippen molar-refractivity contribution in [2.75, 3.05) is 27.2 Å². The first-order valence-corrected chi connectivity index (χ1v) is 8.99. The van der Waals surface area contributed by atoms with Crippen LogP contribution in [-0.4, -0.2) is 71.6 Å². The molecule has 2 aromatic heterocycles. The largest absolute Gasteiger partial charge is 0.478 e. The molecular formula is C20H28N4O5. The van der Waals surface area contributed by atoms with Gasteiger partial charge < -0.3 is 25.3 Å². The molecule has 0 aliphatic rings. The Kier molecular flexibility index (Phi) is 8.53. The number of aldehydes is 2. The van der Waals surface area contributed by atoms with Gasteiger partial charge in [0.15, 0.2) is 12.6 Å². The van der Waals surface area contributed by atoms with Gasteiger partial charge in [0.1, 0.15) is 0 Å². The summed E-state index contributed by atoms with van der Waals surface area (Å²) in [5.41, 5.74) is 4.03. The molecule has 0 bridgehead atoms. The summed E-state index contributed by atoms with van der Waals surface area (Å²) in [5.74, 6) is -1.14. The zero-order valence-electron chi connectivity index (χ0n) is 17.6. The van der Waals surface area contributed by atoms with Crippen LogP contribution in [0.5, 0.6) is 0 Å². The molecule has 2 rings (SSSR count). The zero-order valence-corrected chi connectivity index (χ0v) is 17.6. The fraction of sp³-hybridized carbons (Fsp3) is 0.400. The van der Waals surface area contributed by atoms with Crippen LogP contribution in [0.2, 0.25) is 0 Å². The summed E-state index contributed by atoms with van der Waals surface area (Å²) in [6.45, 7) is 8.18. The van der Waals surface area contributed by atoms with Gasteiger partial charge >= 0.3 is 5.97 Å². The number of aryl methyl sites for hydroxylation is 2. The Morgan fingerprint density at radius 3 is 1.72 bits per heavy atom. The lowest BCUT2D eigenvalue weighted by Gasteiger charge is -2.10. The van der Waals surface area contributed by atoms with E-state index in [9.17, 15) is 19.2 Å². The lowest BCUT2D eigenvalue weighted by Crippen LogP contribution is -2.31. The molecule has 0 saturated heterocycles. The third-order valence-electron chi connectivity index (χ3n) is 4.47. The smallest absolute Gasteiger partial charge is 0.337 e. The maximum atomic E-state index is 11.9. The molecule has 2 heterocycles. The summed E-state index contributed by atoms with van der Waals surface area (Å²) < 4.78 is 0. The van der Waals surface area contributed by atoms with E-state index < -0.39 is 5.97 Å². The van der Waals surface area contributed by atoms with E-state index in [1.165, 1.54) is 0 Å². The Balaban J connectivity index is 0.000000308. The Bertz CT molecular complexity index is 909. The average molecular weight is 404 g/mol. The molecule has 0 atom stereocenters. The van der Waals surface area contributed by atoms with Gasteiger partial charge in [0.2, 0.25) is 0 Å². The molecule has 2 aromatic rings. The quantitative estimate of drug-likeness (QED) is 0.520. The van der Waals surface area contributed by atoms with Crippen LogP contribution in [0.4, 0.5) is 0 Å². The second-order valence-electron chi connectivity index (χ2n) is 6.93. The van der Waals surface area contributed by atoms with Gasteiger partial charge in [-0.25, -0.2) is 4.79 Å². The van der Waals surface area contributed by atoms with Crippen molar-refractivity contribution >= 4 is 24.4 Å². The van der Waals surface area contributed by atoms with E-state index in [0.29, 0.717) is 46.6 Å². The monoisotopic (exact) mass is 404 g/mol. The SMILES string of the molecule is Cc1[nH]c(C=O)c(C)c1C(=O)NCCN(C)C.Cc1[nH]c(C=O)c(C)c1C(=O)O. The van der Waals surface area contributed by atoms with Crippen LogP contribution >= 0.6 is 0 Å². The van der Waals surface area contributed by atoms with Crippen LogP contribution in [-0.2, 0) is 0 Å². The summed E-state index contributed by atoms with van der Waals surface area (Å²) in [6.07, 6.45) is 1.35. The van der Waals surface area contributed by atoms with Gasteiger partial charge in [-0.05, 0) is 52.9 Å². The van der Waals surface area contributed by atoms with Gasteiger partial charge in [-0.3, -0.25) is 14.4 Å². The molecule has 1 amide bonds. The molecule has 4 N–H and O–H groups in total. The first kappa shape index (κ1) is 23.8. The molecule has 0 spiro atoms. The Hall–Kier alpha value is -3.20. The number of carbonyl (C=O) groups excluding carboxylic acids is 3. The maximum Gasteiger partial charge on any atom is 0.337 e. The van der Waals surface area contributed by atoms with E-state index in [1.807, 2.05) is 19.0 Å². The lowest BCUT2D eigenvalue weighted by molar-refractivity contribution is 0.0695. The number of hydrogen-bond acceptors (Lipinski definition) is 5. The third-order valence-corrected chi connectivity index (χ3v) is 4.47. The molecule has 29 heavy (non-hydrogen) atoms. The molecule has 9 nitrogen and oxygen atoms in total. The minimum atomic E-state index is -1.01. The van der Waals surface area contributed by atoms with E-state index in [2.05, 4.69) is 15.3 Å². The average Bonchev–Trinajstić information content (AvgIpc) is 3.09. The predicted molar refractivity (Wildman–Crippen MR) is 109 cm³/mol. The standard InChI is InChI=1S/C12H19N3O2.C8H9NO3/c1-8-10(7-16)14-9(2)11(8)12(17)13-5-6-15(3)4;1-4-6(3-10)9-5(2)7(4)8(11)12/h7,14H,5-6H2,1-4H3,(H,13,17);3,9H,1-2H3,(H,11,12). The van der Waals surface area contributed by atoms with Crippen LogP contribution in [0.25, 0.3) is 0 Å². The molecule has 0 saturated carbocycles. The Morgan fingerprint density at radius 2 is 1.38 bits per heavy atom. The van der Waals surface area contributed by atoms with Gasteiger partial charge in [0.25, 0.3) is 5.91 Å². The Labute approximate surface area is 169 Å². The van der Waals surface area contributed by atoms with Crippen LogP contribution in [0, 0.1) is 27.7 Å². The highest BCUT2D eigenvalue weighted by atomic mass is 16.4. The summed E-state index contributed by atoms with van der Waals surface area (Å²) in [7, 11) is 3.90. The van der Waals surface area contributed by atoms with Crippen LogP contribution in [0.15, 0.2) is 0 Å². The number of nitrogens with one attached hydrogen (secondary N) is 3. The summed E-state index contributed by atoms with van der Waals surface area (Å²) >= 11 is 0. The normalized spacial score (nSPS) is 10.3. The van der Waals surface area contributed by atoms with Crippen LogP contribution in [0.1, 0.15) is 64.2 Å². The first-order chi connectivity index (χ1) is 13.5. The maximum absolute atomic E-state index is 11.9. The number of carboxylic acid groups (broad SMARTS) is 1. The van der Waals surface area contributed by atoms with Gasteiger partial charge in [0, 0.05) is 24.5 Å². The van der Waals surface area contributed by atoms with Crippen molar-refractivity contribution in [1.29, 1.82) is 0 Å². The first-order valence-electron chi connectivity index (χ1n) is 8.99. The number of hydrogen-bond donors (Lipinski definition) is 4. The topological polar surface area (TPSA) is 135 Å². The van der Waals surface area contributed by atoms with E-state index in [-0.39, 0.29) is 11.5 Å². The number of carboxylic acids is 1. The van der Waals surface area contributed by atoms with Crippen molar-refractivity contribution in [2.24, 2.45) is 0 Å². The molecule has 158 valence electrons. The third kappa shape index (κ3) is 5.89. The highest BCUT2D eigenvalue weighted by Gasteiger charge is 2.17. The predicted octanol–water partition coefficient (Wildman–Crippen LogP) is 1.88. The summed E-state index contributed by atoms with van der Waals surface area (Å²) in [6, 6.07) is 0. The fourth-order valence-electron chi connectivity index (χ4n) is 2.93. The minimum Gasteiger partial charge on any atom is -0.478 e. The van der Waals surface area contributed by atoms with Crippen molar-refractivity contribution in [1.82, 2.24) is 20.2 Å². The van der Waals surface area contributed by atoms with Crippen molar-refractivity contribution in [3.05, 3.63) is 45.0 Å². The molecule has 0 fully saturated rings. The van der Waals surface area contributed by atoms with E-state index >= 15 is 0 Å². The molecule has 0 aliphatic carbocycles. The van der Waals surface area contributed by atoms with Gasteiger partial charge in [-0.2, -0.15) is 0 Å². The number of nitrogens with zero attached hydrogens (tertiary/aromatic N) is 1. The van der Waals surface area contributed by atoms with E-state index in [0.717, 1.165) is 18.5 Å². The number of amides is 1. The lowest BCUT2D eigenvalue weighted by atomic mass is 10.1. The van der Waals surface area contributed by atoms with Crippen molar-refractivity contribution < 1.29 is 24.3 Å². The molecule has 0 aliphatic heterocycles. The van der Waals surface area contributed by atoms with Crippen molar-refractivity contribution in [2.45, 2.75) is 27.7 Å². The second kappa shape index (κ2) is 10.4. The number of aromatic amines is 2. The number of carbonyl (C=O) groups is 4. The molecule has 0 radical (unpaired) electrons. The molecule has 0 unspecified atom stereocenters. The molecule has 9 heteroatoms. The minimum absolute atomic E-state index is 0.133.